The van der Waals surface area contributed by atoms with Crippen LogP contribution in [0.2, 0.25) is 5.02 Å². The van der Waals surface area contributed by atoms with Gasteiger partial charge in [0, 0.05) is 21.8 Å². The number of nitrogens with zero attached hydrogens (tertiary/aromatic N) is 3. The Morgan fingerprint density at radius 3 is 2.84 bits per heavy atom. The highest BCUT2D eigenvalue weighted by Crippen LogP contribution is 2.24. The standard InChI is InChI=1S/C18H15ClN4O2/c1-10(2)23-17-12(8-21-23)6-14(9-20-17)22-18(24)16-7-11-5-13(19)3-4-15(11)25-16/h3-10H,1-2H3,(H,22,24). The second kappa shape index (κ2) is 5.89. The number of carbonyl (C=O) groups is 1. The van der Waals surface area contributed by atoms with Crippen LogP contribution in [-0.2, 0) is 0 Å². The lowest BCUT2D eigenvalue weighted by Crippen LogP contribution is -2.11. The monoisotopic (exact) mass is 354 g/mol. The molecule has 3 heterocycles. The Bertz CT molecular complexity index is 1100. The van der Waals surface area contributed by atoms with E-state index in [-0.39, 0.29) is 17.7 Å². The Kier molecular flexibility index (Phi) is 3.69. The number of fused-ring (bicyclic) bond motifs is 2. The van der Waals surface area contributed by atoms with Crippen LogP contribution in [0, 0.1) is 0 Å². The number of aromatic nitrogens is 3. The average Bonchev–Trinajstić information content (AvgIpc) is 3.17. The fourth-order valence-corrected chi connectivity index (χ4v) is 2.89. The third kappa shape index (κ3) is 2.85. The summed E-state index contributed by atoms with van der Waals surface area (Å²) in [6.45, 7) is 4.08. The van der Waals surface area contributed by atoms with Crippen molar-refractivity contribution in [2.75, 3.05) is 5.32 Å². The minimum absolute atomic E-state index is 0.216. The molecule has 0 fully saturated rings. The molecule has 0 saturated heterocycles. The number of amides is 1. The molecule has 3 aromatic heterocycles. The number of rotatable bonds is 3. The Morgan fingerprint density at radius 2 is 2.04 bits per heavy atom. The molecule has 6 nitrogen and oxygen atoms in total. The summed E-state index contributed by atoms with van der Waals surface area (Å²) in [6, 6.07) is 8.94. The summed E-state index contributed by atoms with van der Waals surface area (Å²) in [6.07, 6.45) is 3.35. The minimum atomic E-state index is -0.343. The molecule has 4 aromatic rings. The third-order valence-electron chi connectivity index (χ3n) is 3.88. The molecule has 1 aromatic carbocycles. The van der Waals surface area contributed by atoms with Crippen LogP contribution < -0.4 is 5.32 Å². The van der Waals surface area contributed by atoms with Crippen molar-refractivity contribution in [3.8, 4) is 0 Å². The summed E-state index contributed by atoms with van der Waals surface area (Å²) >= 11 is 5.96. The molecule has 0 aliphatic heterocycles. The van der Waals surface area contributed by atoms with Gasteiger partial charge in [-0.05, 0) is 44.2 Å². The number of hydrogen-bond donors (Lipinski definition) is 1. The third-order valence-corrected chi connectivity index (χ3v) is 4.12. The predicted molar refractivity (Wildman–Crippen MR) is 97.1 cm³/mol. The Hall–Kier alpha value is -2.86. The maximum atomic E-state index is 12.4. The second-order valence-electron chi connectivity index (χ2n) is 6.07. The second-order valence-corrected chi connectivity index (χ2v) is 6.50. The molecule has 1 N–H and O–H groups in total. The lowest BCUT2D eigenvalue weighted by molar-refractivity contribution is 0.0998. The fraction of sp³-hybridized carbons (Fsp3) is 0.167. The number of pyridine rings is 1. The molecule has 0 aliphatic carbocycles. The zero-order valence-corrected chi connectivity index (χ0v) is 14.4. The lowest BCUT2D eigenvalue weighted by Gasteiger charge is -2.07. The van der Waals surface area contributed by atoms with Crippen molar-refractivity contribution in [1.29, 1.82) is 0 Å². The van der Waals surface area contributed by atoms with Gasteiger partial charge in [0.1, 0.15) is 5.58 Å². The highest BCUT2D eigenvalue weighted by molar-refractivity contribution is 6.31. The van der Waals surface area contributed by atoms with Gasteiger partial charge >= 0.3 is 0 Å². The Balaban J connectivity index is 1.62. The molecule has 0 atom stereocenters. The maximum absolute atomic E-state index is 12.4. The van der Waals surface area contributed by atoms with Crippen molar-refractivity contribution in [3.05, 3.63) is 53.5 Å². The van der Waals surface area contributed by atoms with E-state index in [4.69, 9.17) is 16.0 Å². The number of nitrogens with one attached hydrogen (secondary N) is 1. The van der Waals surface area contributed by atoms with Crippen molar-refractivity contribution in [1.82, 2.24) is 14.8 Å². The normalized spacial score (nSPS) is 11.5. The first kappa shape index (κ1) is 15.7. The number of benzene rings is 1. The van der Waals surface area contributed by atoms with Crippen LogP contribution >= 0.6 is 11.6 Å². The number of carbonyl (C=O) groups excluding carboxylic acids is 1. The van der Waals surface area contributed by atoms with Crippen LogP contribution in [0.5, 0.6) is 0 Å². The van der Waals surface area contributed by atoms with E-state index in [1.165, 1.54) is 0 Å². The molecule has 4 rings (SSSR count). The maximum Gasteiger partial charge on any atom is 0.291 e. The molecule has 1 amide bonds. The van der Waals surface area contributed by atoms with Gasteiger partial charge in [-0.3, -0.25) is 4.79 Å². The van der Waals surface area contributed by atoms with Crippen molar-refractivity contribution < 1.29 is 9.21 Å². The molecular formula is C18H15ClN4O2. The molecule has 126 valence electrons. The largest absolute Gasteiger partial charge is 0.451 e. The number of halogens is 1. The van der Waals surface area contributed by atoms with Crippen molar-refractivity contribution in [2.24, 2.45) is 0 Å². The first-order valence-electron chi connectivity index (χ1n) is 7.85. The fourth-order valence-electron chi connectivity index (χ4n) is 2.71. The van der Waals surface area contributed by atoms with Crippen LogP contribution in [0.4, 0.5) is 5.69 Å². The van der Waals surface area contributed by atoms with Crippen LogP contribution in [0.1, 0.15) is 30.4 Å². The molecular weight excluding hydrogens is 340 g/mol. The summed E-state index contributed by atoms with van der Waals surface area (Å²) in [7, 11) is 0. The quantitative estimate of drug-likeness (QED) is 0.580. The predicted octanol–water partition coefficient (Wildman–Crippen LogP) is 4.66. The van der Waals surface area contributed by atoms with Gasteiger partial charge < -0.3 is 9.73 Å². The molecule has 0 spiro atoms. The number of anilines is 1. The molecule has 0 unspecified atom stereocenters. The van der Waals surface area contributed by atoms with Gasteiger partial charge in [0.25, 0.3) is 5.91 Å². The van der Waals surface area contributed by atoms with E-state index in [0.29, 0.717) is 16.3 Å². The van der Waals surface area contributed by atoms with Crippen LogP contribution in [-0.4, -0.2) is 20.7 Å². The van der Waals surface area contributed by atoms with Crippen LogP contribution in [0.3, 0.4) is 0 Å². The van der Waals surface area contributed by atoms with E-state index in [1.807, 2.05) is 24.6 Å². The first-order valence-corrected chi connectivity index (χ1v) is 8.23. The highest BCUT2D eigenvalue weighted by atomic mass is 35.5. The molecule has 0 bridgehead atoms. The topological polar surface area (TPSA) is 73.0 Å². The van der Waals surface area contributed by atoms with Crippen molar-refractivity contribution in [3.63, 3.8) is 0 Å². The van der Waals surface area contributed by atoms with Crippen molar-refractivity contribution >= 4 is 45.2 Å². The van der Waals surface area contributed by atoms with Gasteiger partial charge in [0.05, 0.1) is 18.1 Å². The smallest absolute Gasteiger partial charge is 0.291 e. The van der Waals surface area contributed by atoms with E-state index in [2.05, 4.69) is 15.4 Å². The summed E-state index contributed by atoms with van der Waals surface area (Å²) < 4.78 is 7.41. The van der Waals surface area contributed by atoms with Gasteiger partial charge in [-0.15, -0.1) is 0 Å². The molecule has 0 aliphatic rings. The highest BCUT2D eigenvalue weighted by Gasteiger charge is 2.14. The van der Waals surface area contributed by atoms with E-state index in [0.717, 1.165) is 16.4 Å². The van der Waals surface area contributed by atoms with Gasteiger partial charge in [-0.1, -0.05) is 11.6 Å². The Morgan fingerprint density at radius 1 is 1.20 bits per heavy atom. The van der Waals surface area contributed by atoms with E-state index < -0.39 is 0 Å². The number of hydrogen-bond acceptors (Lipinski definition) is 4. The first-order chi connectivity index (χ1) is 12.0. The molecule has 7 heteroatoms. The van der Waals surface area contributed by atoms with Gasteiger partial charge in [0.15, 0.2) is 11.4 Å². The summed E-state index contributed by atoms with van der Waals surface area (Å²) in [4.78, 5) is 16.8. The molecule has 25 heavy (non-hydrogen) atoms. The van der Waals surface area contributed by atoms with Crippen molar-refractivity contribution in [2.45, 2.75) is 19.9 Å². The van der Waals surface area contributed by atoms with Gasteiger partial charge in [0.2, 0.25) is 0 Å². The SMILES string of the molecule is CC(C)n1ncc2cc(NC(=O)c3cc4cc(Cl)ccc4o3)cnc21. The summed E-state index contributed by atoms with van der Waals surface area (Å²) in [5.74, 6) is -0.125. The zero-order chi connectivity index (χ0) is 17.6. The summed E-state index contributed by atoms with van der Waals surface area (Å²) in [5.41, 5.74) is 1.98. The zero-order valence-electron chi connectivity index (χ0n) is 13.7. The van der Waals surface area contributed by atoms with Gasteiger partial charge in [-0.2, -0.15) is 5.10 Å². The average molecular weight is 355 g/mol. The van der Waals surface area contributed by atoms with Gasteiger partial charge in [-0.25, -0.2) is 9.67 Å². The van der Waals surface area contributed by atoms with E-state index in [1.54, 1.807) is 36.7 Å². The molecule has 0 saturated carbocycles. The Labute approximate surface area is 148 Å². The number of furan rings is 1. The van der Waals surface area contributed by atoms with Crippen LogP contribution in [0.25, 0.3) is 22.0 Å². The lowest BCUT2D eigenvalue weighted by atomic mass is 10.2. The molecule has 0 radical (unpaired) electrons. The minimum Gasteiger partial charge on any atom is -0.451 e. The summed E-state index contributed by atoms with van der Waals surface area (Å²) in [5, 5.41) is 9.36. The van der Waals surface area contributed by atoms with E-state index in [9.17, 15) is 4.79 Å². The van der Waals surface area contributed by atoms with Crippen LogP contribution in [0.15, 0.2) is 47.1 Å². The van der Waals surface area contributed by atoms with E-state index >= 15 is 0 Å².